The van der Waals surface area contributed by atoms with Crippen LogP contribution in [0, 0.1) is 6.92 Å². The first kappa shape index (κ1) is 12.4. The fourth-order valence-electron chi connectivity index (χ4n) is 2.00. The van der Waals surface area contributed by atoms with Crippen LogP contribution in [0.2, 0.25) is 10.0 Å². The van der Waals surface area contributed by atoms with Crippen molar-refractivity contribution in [2.24, 2.45) is 0 Å². The number of halogens is 2. The number of rotatable bonds is 1. The number of aryl methyl sites for hydroxylation is 1. The molecular weight excluding hydrogens is 279 g/mol. The van der Waals surface area contributed by atoms with Crippen LogP contribution in [0.4, 0.5) is 0 Å². The van der Waals surface area contributed by atoms with E-state index < -0.39 is 0 Å². The molecule has 0 bridgehead atoms. The molecule has 2 nitrogen and oxygen atoms in total. The van der Waals surface area contributed by atoms with E-state index in [1.807, 2.05) is 49.4 Å². The number of benzene rings is 2. The second kappa shape index (κ2) is 4.80. The van der Waals surface area contributed by atoms with Gasteiger partial charge in [0.2, 0.25) is 0 Å². The second-order valence-electron chi connectivity index (χ2n) is 4.30. The predicted octanol–water partition coefficient (Wildman–Crippen LogP) is 4.91. The summed E-state index contributed by atoms with van der Waals surface area (Å²) in [5.41, 5.74) is 4.39. The highest BCUT2D eigenvalue weighted by Crippen LogP contribution is 2.25. The maximum atomic E-state index is 5.96. The Morgan fingerprint density at radius 2 is 1.47 bits per heavy atom. The van der Waals surface area contributed by atoms with E-state index in [9.17, 15) is 0 Å². The summed E-state index contributed by atoms with van der Waals surface area (Å²) in [6.07, 6.45) is 0. The first-order chi connectivity index (χ1) is 9.13. The summed E-state index contributed by atoms with van der Waals surface area (Å²) < 4.78 is 0. The summed E-state index contributed by atoms with van der Waals surface area (Å²) in [4.78, 5) is 9.21. The summed E-state index contributed by atoms with van der Waals surface area (Å²) in [5.74, 6) is 0. The number of nitrogens with zero attached hydrogens (tertiary/aromatic N) is 2. The molecule has 94 valence electrons. The third-order valence-corrected chi connectivity index (χ3v) is 3.41. The number of hydrogen-bond donors (Lipinski definition) is 0. The predicted molar refractivity (Wildman–Crippen MR) is 79.7 cm³/mol. The summed E-state index contributed by atoms with van der Waals surface area (Å²) in [7, 11) is 0. The molecule has 0 aliphatic heterocycles. The lowest BCUT2D eigenvalue weighted by Crippen LogP contribution is -1.94. The van der Waals surface area contributed by atoms with E-state index in [4.69, 9.17) is 23.2 Å². The van der Waals surface area contributed by atoms with Crippen molar-refractivity contribution in [1.29, 1.82) is 0 Å². The van der Waals surface area contributed by atoms with Gasteiger partial charge in [0, 0.05) is 15.6 Å². The van der Waals surface area contributed by atoms with Crippen LogP contribution >= 0.6 is 23.2 Å². The molecule has 19 heavy (non-hydrogen) atoms. The molecule has 0 atom stereocenters. The summed E-state index contributed by atoms with van der Waals surface area (Å²) in [5, 5.41) is 1.38. The molecule has 2 aromatic carbocycles. The zero-order valence-corrected chi connectivity index (χ0v) is 11.7. The van der Waals surface area contributed by atoms with E-state index in [-0.39, 0.29) is 0 Å². The summed E-state index contributed by atoms with van der Waals surface area (Å²) in [6, 6.07) is 13.1. The highest BCUT2D eigenvalue weighted by atomic mass is 35.5. The zero-order valence-electron chi connectivity index (χ0n) is 10.2. The third-order valence-electron chi connectivity index (χ3n) is 2.92. The minimum Gasteiger partial charge on any atom is -0.249 e. The SMILES string of the molecule is Cc1nc2cc(Cl)ccc2nc1-c1ccc(Cl)cc1. The Kier molecular flexibility index (Phi) is 3.13. The van der Waals surface area contributed by atoms with Crippen LogP contribution in [-0.2, 0) is 0 Å². The van der Waals surface area contributed by atoms with Gasteiger partial charge in [-0.1, -0.05) is 35.3 Å². The van der Waals surface area contributed by atoms with Gasteiger partial charge in [-0.05, 0) is 37.3 Å². The Morgan fingerprint density at radius 1 is 0.789 bits per heavy atom. The average Bonchev–Trinajstić information content (AvgIpc) is 2.39. The fraction of sp³-hybridized carbons (Fsp3) is 0.0667. The van der Waals surface area contributed by atoms with Crippen LogP contribution in [0.5, 0.6) is 0 Å². The first-order valence-electron chi connectivity index (χ1n) is 5.83. The van der Waals surface area contributed by atoms with Gasteiger partial charge in [0.25, 0.3) is 0 Å². The van der Waals surface area contributed by atoms with Crippen molar-refractivity contribution in [3.8, 4) is 11.3 Å². The number of aromatic nitrogens is 2. The molecule has 0 radical (unpaired) electrons. The largest absolute Gasteiger partial charge is 0.249 e. The van der Waals surface area contributed by atoms with Crippen LogP contribution in [0.15, 0.2) is 42.5 Å². The molecule has 0 aliphatic rings. The standard InChI is InChI=1S/C15H10Cl2N2/c1-9-15(10-2-4-11(16)5-3-10)19-13-7-6-12(17)8-14(13)18-9/h2-8H,1H3. The quantitative estimate of drug-likeness (QED) is 0.636. The lowest BCUT2D eigenvalue weighted by Gasteiger charge is -2.07. The second-order valence-corrected chi connectivity index (χ2v) is 5.17. The van der Waals surface area contributed by atoms with Gasteiger partial charge in [-0.15, -0.1) is 0 Å². The molecule has 0 saturated carbocycles. The molecular formula is C15H10Cl2N2. The molecule has 0 amide bonds. The van der Waals surface area contributed by atoms with Gasteiger partial charge in [-0.25, -0.2) is 9.97 Å². The molecule has 1 aromatic heterocycles. The maximum absolute atomic E-state index is 5.96. The van der Waals surface area contributed by atoms with Crippen LogP contribution in [0.3, 0.4) is 0 Å². The van der Waals surface area contributed by atoms with Crippen LogP contribution < -0.4 is 0 Å². The number of fused-ring (bicyclic) bond motifs is 1. The molecule has 4 heteroatoms. The van der Waals surface area contributed by atoms with E-state index in [0.29, 0.717) is 10.0 Å². The normalized spacial score (nSPS) is 10.9. The number of hydrogen-bond acceptors (Lipinski definition) is 2. The minimum absolute atomic E-state index is 0.667. The highest BCUT2D eigenvalue weighted by molar-refractivity contribution is 6.31. The average molecular weight is 289 g/mol. The van der Waals surface area contributed by atoms with Gasteiger partial charge in [-0.2, -0.15) is 0 Å². The van der Waals surface area contributed by atoms with Crippen molar-refractivity contribution in [2.75, 3.05) is 0 Å². The minimum atomic E-state index is 0.667. The molecule has 0 aliphatic carbocycles. The lowest BCUT2D eigenvalue weighted by molar-refractivity contribution is 1.19. The first-order valence-corrected chi connectivity index (χ1v) is 6.59. The third kappa shape index (κ3) is 2.42. The molecule has 0 spiro atoms. The van der Waals surface area contributed by atoms with E-state index >= 15 is 0 Å². The molecule has 1 heterocycles. The molecule has 0 saturated heterocycles. The van der Waals surface area contributed by atoms with Gasteiger partial charge in [0.15, 0.2) is 0 Å². The van der Waals surface area contributed by atoms with E-state index in [2.05, 4.69) is 9.97 Å². The summed E-state index contributed by atoms with van der Waals surface area (Å²) >= 11 is 11.9. The highest BCUT2D eigenvalue weighted by Gasteiger charge is 2.08. The Morgan fingerprint density at radius 3 is 2.21 bits per heavy atom. The van der Waals surface area contributed by atoms with E-state index in [1.54, 1.807) is 0 Å². The lowest BCUT2D eigenvalue weighted by atomic mass is 10.1. The van der Waals surface area contributed by atoms with Gasteiger partial charge in [-0.3, -0.25) is 0 Å². The van der Waals surface area contributed by atoms with Crippen molar-refractivity contribution < 1.29 is 0 Å². The van der Waals surface area contributed by atoms with Gasteiger partial charge in [0.1, 0.15) is 0 Å². The van der Waals surface area contributed by atoms with Crippen LogP contribution in [-0.4, -0.2) is 9.97 Å². The molecule has 3 rings (SSSR count). The van der Waals surface area contributed by atoms with Crippen molar-refractivity contribution in [2.45, 2.75) is 6.92 Å². The van der Waals surface area contributed by atoms with Gasteiger partial charge in [0.05, 0.1) is 22.4 Å². The summed E-state index contributed by atoms with van der Waals surface area (Å²) in [6.45, 7) is 1.94. The van der Waals surface area contributed by atoms with E-state index in [0.717, 1.165) is 28.0 Å². The monoisotopic (exact) mass is 288 g/mol. The van der Waals surface area contributed by atoms with Crippen LogP contribution in [0.25, 0.3) is 22.3 Å². The van der Waals surface area contributed by atoms with Crippen molar-refractivity contribution in [1.82, 2.24) is 9.97 Å². The molecule has 0 N–H and O–H groups in total. The van der Waals surface area contributed by atoms with Crippen molar-refractivity contribution in [3.63, 3.8) is 0 Å². The Balaban J connectivity index is 2.21. The Labute approximate surface area is 121 Å². The smallest absolute Gasteiger partial charge is 0.0922 e. The van der Waals surface area contributed by atoms with Crippen molar-refractivity contribution in [3.05, 3.63) is 58.2 Å². The van der Waals surface area contributed by atoms with E-state index in [1.165, 1.54) is 0 Å². The van der Waals surface area contributed by atoms with Gasteiger partial charge >= 0.3 is 0 Å². The zero-order chi connectivity index (χ0) is 13.4. The Hall–Kier alpha value is -1.64. The molecule has 0 fully saturated rings. The topological polar surface area (TPSA) is 25.8 Å². The fourth-order valence-corrected chi connectivity index (χ4v) is 2.29. The molecule has 0 unspecified atom stereocenters. The van der Waals surface area contributed by atoms with Gasteiger partial charge < -0.3 is 0 Å². The Bertz CT molecular complexity index is 752. The van der Waals surface area contributed by atoms with Crippen molar-refractivity contribution >= 4 is 34.2 Å². The van der Waals surface area contributed by atoms with Crippen LogP contribution in [0.1, 0.15) is 5.69 Å². The molecule has 3 aromatic rings. The maximum Gasteiger partial charge on any atom is 0.0922 e.